The van der Waals surface area contributed by atoms with Crippen LogP contribution in [0.3, 0.4) is 0 Å². The van der Waals surface area contributed by atoms with Crippen LogP contribution in [0.1, 0.15) is 39.5 Å². The van der Waals surface area contributed by atoms with E-state index in [1.54, 1.807) is 0 Å². The Morgan fingerprint density at radius 2 is 2.06 bits per heavy atom. The first-order chi connectivity index (χ1) is 8.71. The maximum absolute atomic E-state index is 11.6. The second kappa shape index (κ2) is 8.48. The molecule has 1 unspecified atom stereocenters. The molecule has 4 heteroatoms. The second-order valence-corrected chi connectivity index (χ2v) is 5.17. The number of nitrogens with one attached hydrogen (secondary N) is 1. The van der Waals surface area contributed by atoms with Crippen molar-refractivity contribution in [3.05, 3.63) is 0 Å². The summed E-state index contributed by atoms with van der Waals surface area (Å²) in [6.07, 6.45) is 5.18. The highest BCUT2D eigenvalue weighted by Crippen LogP contribution is 2.21. The van der Waals surface area contributed by atoms with Crippen molar-refractivity contribution in [1.29, 1.82) is 0 Å². The number of likely N-dealkylation sites (tertiary alicyclic amines) is 1. The molecular formula is C14H28N2O2. The summed E-state index contributed by atoms with van der Waals surface area (Å²) in [5.41, 5.74) is 0. The third kappa shape index (κ3) is 4.94. The van der Waals surface area contributed by atoms with Crippen LogP contribution in [0.5, 0.6) is 0 Å². The van der Waals surface area contributed by atoms with E-state index in [-0.39, 0.29) is 12.0 Å². The average Bonchev–Trinajstić information content (AvgIpc) is 2.40. The van der Waals surface area contributed by atoms with E-state index in [1.165, 1.54) is 32.8 Å². The zero-order valence-electron chi connectivity index (χ0n) is 12.1. The zero-order valence-corrected chi connectivity index (χ0v) is 12.1. The third-order valence-corrected chi connectivity index (χ3v) is 3.78. The lowest BCUT2D eigenvalue weighted by atomic mass is 9.92. The van der Waals surface area contributed by atoms with E-state index in [4.69, 9.17) is 4.74 Å². The molecule has 18 heavy (non-hydrogen) atoms. The number of rotatable bonds is 7. The van der Waals surface area contributed by atoms with Gasteiger partial charge in [0.15, 0.2) is 0 Å². The minimum Gasteiger partial charge on any atom is -0.468 e. The van der Waals surface area contributed by atoms with Gasteiger partial charge in [0, 0.05) is 6.54 Å². The Morgan fingerprint density at radius 1 is 1.39 bits per heavy atom. The largest absolute Gasteiger partial charge is 0.468 e. The number of carbonyl (C=O) groups excluding carboxylic acids is 1. The van der Waals surface area contributed by atoms with Gasteiger partial charge in [0.05, 0.1) is 7.11 Å². The molecular weight excluding hydrogens is 228 g/mol. The van der Waals surface area contributed by atoms with Crippen LogP contribution >= 0.6 is 0 Å². The molecule has 0 aromatic heterocycles. The molecule has 1 fully saturated rings. The van der Waals surface area contributed by atoms with Crippen LogP contribution in [0.25, 0.3) is 0 Å². The summed E-state index contributed by atoms with van der Waals surface area (Å²) in [5.74, 6) is 0.745. The van der Waals surface area contributed by atoms with Crippen molar-refractivity contribution in [2.75, 3.05) is 33.3 Å². The Kier molecular flexibility index (Phi) is 7.28. The van der Waals surface area contributed by atoms with Crippen molar-refractivity contribution < 1.29 is 9.53 Å². The van der Waals surface area contributed by atoms with E-state index in [2.05, 4.69) is 17.1 Å². The summed E-state index contributed by atoms with van der Waals surface area (Å²) < 4.78 is 4.84. The number of carbonyl (C=O) groups is 1. The minimum absolute atomic E-state index is 0.146. The monoisotopic (exact) mass is 256 g/mol. The fraction of sp³-hybridized carbons (Fsp3) is 0.929. The molecule has 0 radical (unpaired) electrons. The molecule has 1 atom stereocenters. The van der Waals surface area contributed by atoms with E-state index >= 15 is 0 Å². The van der Waals surface area contributed by atoms with Crippen LogP contribution in [-0.2, 0) is 9.53 Å². The van der Waals surface area contributed by atoms with Gasteiger partial charge in [0.2, 0.25) is 0 Å². The summed E-state index contributed by atoms with van der Waals surface area (Å²) >= 11 is 0. The molecule has 0 aliphatic carbocycles. The highest BCUT2D eigenvalue weighted by molar-refractivity contribution is 5.75. The van der Waals surface area contributed by atoms with Gasteiger partial charge in [0.1, 0.15) is 6.04 Å². The van der Waals surface area contributed by atoms with Crippen LogP contribution in [0.4, 0.5) is 0 Å². The predicted molar refractivity (Wildman–Crippen MR) is 73.6 cm³/mol. The number of methoxy groups -OCH3 is 1. The Morgan fingerprint density at radius 3 is 2.56 bits per heavy atom. The van der Waals surface area contributed by atoms with Crippen molar-refractivity contribution in [2.24, 2.45) is 5.92 Å². The van der Waals surface area contributed by atoms with Gasteiger partial charge in [-0.3, -0.25) is 4.79 Å². The quantitative estimate of drug-likeness (QED) is 0.703. The predicted octanol–water partition coefficient (Wildman–Crippen LogP) is 1.65. The standard InChI is InChI=1S/C14H28N2O2/c1-4-6-12-7-9-16(10-8-12)11-13(15-5-2)14(17)18-3/h12-13,15H,4-11H2,1-3H3. The summed E-state index contributed by atoms with van der Waals surface area (Å²) in [5, 5.41) is 3.20. The number of hydrogen-bond donors (Lipinski definition) is 1. The van der Waals surface area contributed by atoms with Gasteiger partial charge in [-0.15, -0.1) is 0 Å². The van der Waals surface area contributed by atoms with Gasteiger partial charge in [0.25, 0.3) is 0 Å². The Balaban J connectivity index is 2.35. The van der Waals surface area contributed by atoms with Gasteiger partial charge in [-0.1, -0.05) is 26.7 Å². The van der Waals surface area contributed by atoms with Crippen molar-refractivity contribution in [1.82, 2.24) is 10.2 Å². The van der Waals surface area contributed by atoms with Gasteiger partial charge >= 0.3 is 5.97 Å². The molecule has 106 valence electrons. The molecule has 0 spiro atoms. The van der Waals surface area contributed by atoms with Crippen molar-refractivity contribution in [3.8, 4) is 0 Å². The van der Waals surface area contributed by atoms with Crippen LogP contribution in [0, 0.1) is 5.92 Å². The van der Waals surface area contributed by atoms with Crippen LogP contribution in [-0.4, -0.2) is 50.2 Å². The second-order valence-electron chi connectivity index (χ2n) is 5.17. The lowest BCUT2D eigenvalue weighted by Gasteiger charge is -2.33. The first-order valence-electron chi connectivity index (χ1n) is 7.24. The maximum atomic E-state index is 11.6. The van der Waals surface area contributed by atoms with Gasteiger partial charge in [-0.05, 0) is 38.4 Å². The number of nitrogens with zero attached hydrogens (tertiary/aromatic N) is 1. The molecule has 0 aromatic carbocycles. The minimum atomic E-state index is -0.178. The van der Waals surface area contributed by atoms with Gasteiger partial charge in [-0.25, -0.2) is 0 Å². The molecule has 0 bridgehead atoms. The first kappa shape index (κ1) is 15.4. The van der Waals surface area contributed by atoms with Crippen LogP contribution in [0.15, 0.2) is 0 Å². The smallest absolute Gasteiger partial charge is 0.324 e. The summed E-state index contributed by atoms with van der Waals surface area (Å²) in [4.78, 5) is 14.0. The van der Waals surface area contributed by atoms with E-state index in [0.29, 0.717) is 0 Å². The lowest BCUT2D eigenvalue weighted by molar-refractivity contribution is -0.143. The Hall–Kier alpha value is -0.610. The normalized spacial score (nSPS) is 19.7. The molecule has 1 rings (SSSR count). The molecule has 0 amide bonds. The fourth-order valence-electron chi connectivity index (χ4n) is 2.74. The number of piperidine rings is 1. The number of esters is 1. The Labute approximate surface area is 111 Å². The van der Waals surface area contributed by atoms with Crippen molar-refractivity contribution in [3.63, 3.8) is 0 Å². The van der Waals surface area contributed by atoms with Crippen molar-refractivity contribution >= 4 is 5.97 Å². The molecule has 4 nitrogen and oxygen atoms in total. The fourth-order valence-corrected chi connectivity index (χ4v) is 2.74. The van der Waals surface area contributed by atoms with Gasteiger partial charge in [-0.2, -0.15) is 0 Å². The van der Waals surface area contributed by atoms with E-state index < -0.39 is 0 Å². The van der Waals surface area contributed by atoms with E-state index in [9.17, 15) is 4.79 Å². The average molecular weight is 256 g/mol. The number of hydrogen-bond acceptors (Lipinski definition) is 4. The van der Waals surface area contributed by atoms with Gasteiger partial charge < -0.3 is 15.0 Å². The van der Waals surface area contributed by atoms with Crippen LogP contribution < -0.4 is 5.32 Å². The maximum Gasteiger partial charge on any atom is 0.324 e. The molecule has 1 heterocycles. The summed E-state index contributed by atoms with van der Waals surface area (Å²) in [7, 11) is 1.46. The molecule has 0 aromatic rings. The molecule has 1 N–H and O–H groups in total. The molecule has 0 saturated carbocycles. The Bertz CT molecular complexity index is 238. The number of likely N-dealkylation sites (N-methyl/N-ethyl adjacent to an activating group) is 1. The van der Waals surface area contributed by atoms with Crippen molar-refractivity contribution in [2.45, 2.75) is 45.6 Å². The zero-order chi connectivity index (χ0) is 13.4. The summed E-state index contributed by atoms with van der Waals surface area (Å²) in [6.45, 7) is 8.08. The van der Waals surface area contributed by atoms with E-state index in [1.807, 2.05) is 6.92 Å². The van der Waals surface area contributed by atoms with Crippen LogP contribution in [0.2, 0.25) is 0 Å². The molecule has 1 aliphatic heterocycles. The first-order valence-corrected chi connectivity index (χ1v) is 7.24. The lowest BCUT2D eigenvalue weighted by Crippen LogP contribution is -2.48. The topological polar surface area (TPSA) is 41.6 Å². The SMILES string of the molecule is CCCC1CCN(CC(NCC)C(=O)OC)CC1. The highest BCUT2D eigenvalue weighted by Gasteiger charge is 2.24. The summed E-state index contributed by atoms with van der Waals surface area (Å²) in [6, 6.07) is -0.178. The molecule has 1 aliphatic rings. The van der Waals surface area contributed by atoms with E-state index in [0.717, 1.165) is 32.1 Å². The number of ether oxygens (including phenoxy) is 1. The third-order valence-electron chi connectivity index (χ3n) is 3.78. The molecule has 1 saturated heterocycles. The highest BCUT2D eigenvalue weighted by atomic mass is 16.5.